The first kappa shape index (κ1) is 22.5. The Hall–Kier alpha value is -3.24. The van der Waals surface area contributed by atoms with Gasteiger partial charge in [0.25, 0.3) is 0 Å². The minimum atomic E-state index is -0.305. The quantitative estimate of drug-likeness (QED) is 0.575. The van der Waals surface area contributed by atoms with Gasteiger partial charge in [-0.3, -0.25) is 9.47 Å². The number of aromatic nitrogens is 3. The number of benzene rings is 1. The van der Waals surface area contributed by atoms with Crippen LogP contribution in [0.25, 0.3) is 11.0 Å². The molecule has 2 fully saturated rings. The molecule has 0 amide bonds. The monoisotopic (exact) mass is 456 g/mol. The van der Waals surface area contributed by atoms with Crippen molar-refractivity contribution in [3.8, 4) is 6.07 Å². The fraction of sp³-hybridized carbons (Fsp3) is 0.481. The Morgan fingerprint density at radius 1 is 1.12 bits per heavy atom. The molecule has 3 aromatic rings. The summed E-state index contributed by atoms with van der Waals surface area (Å²) in [5.41, 5.74) is 4.15. The molecule has 3 atom stereocenters. The summed E-state index contributed by atoms with van der Waals surface area (Å²) in [5, 5.41) is 9.39. The third kappa shape index (κ3) is 3.97. The predicted octanol–water partition coefficient (Wildman–Crippen LogP) is 4.13. The highest BCUT2D eigenvalue weighted by Gasteiger charge is 2.35. The lowest BCUT2D eigenvalue weighted by Gasteiger charge is -2.48. The molecule has 7 heteroatoms. The summed E-state index contributed by atoms with van der Waals surface area (Å²) in [4.78, 5) is 26.4. The lowest BCUT2D eigenvalue weighted by atomic mass is 9.97. The zero-order valence-electron chi connectivity index (χ0n) is 20.4. The van der Waals surface area contributed by atoms with Crippen LogP contribution >= 0.6 is 0 Å². The van der Waals surface area contributed by atoms with Crippen molar-refractivity contribution in [2.75, 3.05) is 18.0 Å². The van der Waals surface area contributed by atoms with E-state index in [4.69, 9.17) is 0 Å². The van der Waals surface area contributed by atoms with Gasteiger partial charge >= 0.3 is 5.69 Å². The van der Waals surface area contributed by atoms with Crippen molar-refractivity contribution < 1.29 is 0 Å². The first-order valence-corrected chi connectivity index (χ1v) is 12.3. The van der Waals surface area contributed by atoms with Gasteiger partial charge in [-0.15, -0.1) is 0 Å². The molecule has 1 saturated carbocycles. The second-order valence-corrected chi connectivity index (χ2v) is 9.83. The standard InChI is InChI=1S/C27H32N6O/c1-5-23-16-32(26-25-24(31(4)27(34)30-26)13-12-22(14-28)29-25)17(2)15-33(23)18(3)19-6-8-20(9-7-19)21-10-11-21/h6-9,12-13,17-18,21,23H,5,10-11,15-16H2,1-4H3/t17-,18?,23+/m0/s1. The average Bonchev–Trinajstić information content (AvgIpc) is 3.71. The Morgan fingerprint density at radius 2 is 1.85 bits per heavy atom. The van der Waals surface area contributed by atoms with Crippen LogP contribution in [0.2, 0.25) is 0 Å². The molecule has 3 heterocycles. The van der Waals surface area contributed by atoms with Crippen molar-refractivity contribution in [1.29, 1.82) is 5.26 Å². The number of hydrogen-bond donors (Lipinski definition) is 0. The number of aryl methyl sites for hydroxylation is 1. The van der Waals surface area contributed by atoms with Gasteiger partial charge < -0.3 is 4.90 Å². The van der Waals surface area contributed by atoms with Gasteiger partial charge in [0.05, 0.1) is 5.52 Å². The molecule has 1 unspecified atom stereocenters. The molecule has 0 radical (unpaired) electrons. The second-order valence-electron chi connectivity index (χ2n) is 9.83. The molecule has 0 bridgehead atoms. The summed E-state index contributed by atoms with van der Waals surface area (Å²) in [7, 11) is 1.70. The van der Waals surface area contributed by atoms with Gasteiger partial charge in [0.1, 0.15) is 17.3 Å². The molecule has 34 heavy (non-hydrogen) atoms. The number of piperazine rings is 1. The smallest absolute Gasteiger partial charge is 0.349 e. The van der Waals surface area contributed by atoms with Crippen LogP contribution in [0.3, 0.4) is 0 Å². The van der Waals surface area contributed by atoms with E-state index in [2.05, 4.69) is 70.9 Å². The van der Waals surface area contributed by atoms with Gasteiger partial charge in [-0.25, -0.2) is 9.78 Å². The van der Waals surface area contributed by atoms with Crippen LogP contribution in [-0.2, 0) is 7.05 Å². The molecule has 7 nitrogen and oxygen atoms in total. The van der Waals surface area contributed by atoms with Crippen molar-refractivity contribution in [3.63, 3.8) is 0 Å². The molecule has 1 aromatic carbocycles. The van der Waals surface area contributed by atoms with E-state index in [1.807, 2.05) is 0 Å². The van der Waals surface area contributed by atoms with Crippen molar-refractivity contribution in [1.82, 2.24) is 19.4 Å². The largest absolute Gasteiger partial charge is 0.349 e. The number of rotatable bonds is 5. The van der Waals surface area contributed by atoms with Crippen molar-refractivity contribution >= 4 is 16.9 Å². The maximum absolute atomic E-state index is 12.7. The lowest BCUT2D eigenvalue weighted by Crippen LogP contribution is -2.58. The maximum atomic E-state index is 12.7. The molecule has 1 aliphatic carbocycles. The maximum Gasteiger partial charge on any atom is 0.349 e. The van der Waals surface area contributed by atoms with E-state index in [-0.39, 0.29) is 11.7 Å². The van der Waals surface area contributed by atoms with E-state index >= 15 is 0 Å². The Bertz CT molecular complexity index is 1300. The number of fused-ring (bicyclic) bond motifs is 1. The van der Waals surface area contributed by atoms with E-state index in [0.717, 1.165) is 25.4 Å². The minimum absolute atomic E-state index is 0.145. The summed E-state index contributed by atoms with van der Waals surface area (Å²) in [6.07, 6.45) is 3.64. The van der Waals surface area contributed by atoms with Crippen molar-refractivity contribution in [3.05, 3.63) is 63.7 Å². The fourth-order valence-corrected chi connectivity index (χ4v) is 5.32. The van der Waals surface area contributed by atoms with Crippen LogP contribution in [0.1, 0.15) is 68.8 Å². The molecule has 2 aliphatic rings. The molecule has 5 rings (SSSR count). The Labute approximate surface area is 200 Å². The van der Waals surface area contributed by atoms with E-state index in [9.17, 15) is 10.1 Å². The van der Waals surface area contributed by atoms with Gasteiger partial charge in [0.15, 0.2) is 5.82 Å². The zero-order valence-corrected chi connectivity index (χ0v) is 20.4. The predicted molar refractivity (Wildman–Crippen MR) is 134 cm³/mol. The summed E-state index contributed by atoms with van der Waals surface area (Å²) in [6, 6.07) is 15.5. The highest BCUT2D eigenvalue weighted by molar-refractivity contribution is 5.86. The average molecular weight is 457 g/mol. The molecule has 0 N–H and O–H groups in total. The highest BCUT2D eigenvalue weighted by atomic mass is 16.1. The second kappa shape index (κ2) is 8.84. The van der Waals surface area contributed by atoms with Crippen LogP contribution in [0.4, 0.5) is 5.82 Å². The molecule has 1 saturated heterocycles. The normalized spacial score (nSPS) is 22.0. The number of pyridine rings is 1. The van der Waals surface area contributed by atoms with Crippen molar-refractivity contribution in [2.24, 2.45) is 7.05 Å². The van der Waals surface area contributed by atoms with Gasteiger partial charge in [-0.2, -0.15) is 10.2 Å². The minimum Gasteiger partial charge on any atom is -0.349 e. The number of anilines is 1. The summed E-state index contributed by atoms with van der Waals surface area (Å²) in [5.74, 6) is 1.36. The van der Waals surface area contributed by atoms with Crippen LogP contribution in [0.15, 0.2) is 41.2 Å². The van der Waals surface area contributed by atoms with Crippen LogP contribution < -0.4 is 10.6 Å². The Morgan fingerprint density at radius 3 is 2.50 bits per heavy atom. The number of hydrogen-bond acceptors (Lipinski definition) is 6. The SMILES string of the molecule is CC[C@@H]1CN(c2nc(=O)n(C)c3ccc(C#N)nc23)[C@@H](C)CN1C(C)c1ccc(C2CC2)cc1. The zero-order chi connectivity index (χ0) is 24.0. The summed E-state index contributed by atoms with van der Waals surface area (Å²) >= 11 is 0. The van der Waals surface area contributed by atoms with E-state index in [1.54, 1.807) is 19.2 Å². The van der Waals surface area contributed by atoms with Gasteiger partial charge in [-0.1, -0.05) is 31.2 Å². The molecule has 176 valence electrons. The van der Waals surface area contributed by atoms with E-state index in [1.165, 1.54) is 28.5 Å². The molecular formula is C27H32N6O. The first-order chi connectivity index (χ1) is 16.4. The molecule has 1 aliphatic heterocycles. The van der Waals surface area contributed by atoms with Crippen LogP contribution in [0.5, 0.6) is 0 Å². The summed E-state index contributed by atoms with van der Waals surface area (Å²) < 4.78 is 1.50. The number of nitriles is 1. The van der Waals surface area contributed by atoms with Crippen LogP contribution in [0, 0.1) is 11.3 Å². The molecule has 0 spiro atoms. The van der Waals surface area contributed by atoms with Crippen molar-refractivity contribution in [2.45, 2.75) is 64.1 Å². The van der Waals surface area contributed by atoms with Gasteiger partial charge in [0.2, 0.25) is 0 Å². The van der Waals surface area contributed by atoms with E-state index < -0.39 is 0 Å². The fourth-order valence-electron chi connectivity index (χ4n) is 5.32. The van der Waals surface area contributed by atoms with Gasteiger partial charge in [0, 0.05) is 38.3 Å². The van der Waals surface area contributed by atoms with Gasteiger partial charge in [-0.05, 0) is 62.3 Å². The topological polar surface area (TPSA) is 78.0 Å². The molecule has 2 aromatic heterocycles. The Kier molecular flexibility index (Phi) is 5.86. The van der Waals surface area contributed by atoms with E-state index in [0.29, 0.717) is 34.6 Å². The number of nitrogens with zero attached hydrogens (tertiary/aromatic N) is 6. The van der Waals surface area contributed by atoms with Crippen LogP contribution in [-0.4, -0.2) is 44.6 Å². The lowest BCUT2D eigenvalue weighted by molar-refractivity contribution is 0.106. The third-order valence-corrected chi connectivity index (χ3v) is 7.64. The Balaban J connectivity index is 1.46. The summed E-state index contributed by atoms with van der Waals surface area (Å²) in [6.45, 7) is 8.32. The molecular weight excluding hydrogens is 424 g/mol. The third-order valence-electron chi connectivity index (χ3n) is 7.64. The first-order valence-electron chi connectivity index (χ1n) is 12.3. The highest BCUT2D eigenvalue weighted by Crippen LogP contribution is 2.40.